The lowest BCUT2D eigenvalue weighted by Gasteiger charge is -2.11. The molecule has 30 heavy (non-hydrogen) atoms. The van der Waals surface area contributed by atoms with E-state index >= 15 is 0 Å². The van der Waals surface area contributed by atoms with Gasteiger partial charge in [0, 0.05) is 5.56 Å². The van der Waals surface area contributed by atoms with E-state index in [1.165, 1.54) is 6.21 Å². The van der Waals surface area contributed by atoms with Crippen LogP contribution in [0.3, 0.4) is 0 Å². The van der Waals surface area contributed by atoms with Gasteiger partial charge in [0.05, 0.1) is 17.7 Å². The molecule has 5 nitrogen and oxygen atoms in total. The first-order valence-electron chi connectivity index (χ1n) is 9.77. The predicted octanol–water partition coefficient (Wildman–Crippen LogP) is 5.09. The van der Waals surface area contributed by atoms with E-state index in [1.807, 2.05) is 67.6 Å². The van der Waals surface area contributed by atoms with Crippen molar-refractivity contribution < 1.29 is 13.2 Å². The van der Waals surface area contributed by atoms with Crippen molar-refractivity contribution in [2.45, 2.75) is 18.2 Å². The molecule has 4 rings (SSSR count). The Hall–Kier alpha value is -3.38. The third kappa shape index (κ3) is 4.14. The standard InChI is InChI=1S/C24H22N2O3S/c1-2-15-29-24-14-12-19-8-5-6-10-22(19)23(24)17-25-26-30(27,28)21-13-11-18-7-3-4-9-20(18)16-21/h3-14,16-17,26H,2,15H2,1H3. The maximum absolute atomic E-state index is 12.7. The molecule has 152 valence electrons. The maximum atomic E-state index is 12.7. The van der Waals surface area contributed by atoms with Crippen molar-refractivity contribution in [3.63, 3.8) is 0 Å². The smallest absolute Gasteiger partial charge is 0.276 e. The number of hydrogen-bond donors (Lipinski definition) is 1. The van der Waals surface area contributed by atoms with Crippen LogP contribution in [-0.4, -0.2) is 21.2 Å². The maximum Gasteiger partial charge on any atom is 0.276 e. The van der Waals surface area contributed by atoms with Crippen LogP contribution in [0.1, 0.15) is 18.9 Å². The fraction of sp³-hybridized carbons (Fsp3) is 0.125. The highest BCUT2D eigenvalue weighted by molar-refractivity contribution is 7.89. The SMILES string of the molecule is CCCOc1ccc2ccccc2c1C=NNS(=O)(=O)c1ccc2ccccc2c1. The Morgan fingerprint density at radius 2 is 1.60 bits per heavy atom. The Balaban J connectivity index is 1.65. The van der Waals surface area contributed by atoms with E-state index < -0.39 is 10.0 Å². The van der Waals surface area contributed by atoms with E-state index in [2.05, 4.69) is 9.93 Å². The second kappa shape index (κ2) is 8.55. The normalized spacial score (nSPS) is 11.9. The molecule has 0 aromatic heterocycles. The zero-order chi connectivity index (χ0) is 21.0. The van der Waals surface area contributed by atoms with Crippen molar-refractivity contribution in [3.8, 4) is 5.75 Å². The fourth-order valence-corrected chi connectivity index (χ4v) is 4.12. The minimum absolute atomic E-state index is 0.165. The zero-order valence-corrected chi connectivity index (χ0v) is 17.4. The van der Waals surface area contributed by atoms with Crippen LogP contribution in [0.25, 0.3) is 21.5 Å². The van der Waals surface area contributed by atoms with Crippen molar-refractivity contribution in [1.82, 2.24) is 4.83 Å². The Bertz CT molecular complexity index is 1330. The van der Waals surface area contributed by atoms with Gasteiger partial charge in [-0.15, -0.1) is 0 Å². The van der Waals surface area contributed by atoms with Crippen LogP contribution in [0.2, 0.25) is 0 Å². The number of nitrogens with zero attached hydrogens (tertiary/aromatic N) is 1. The molecule has 0 saturated heterocycles. The quantitative estimate of drug-likeness (QED) is 0.336. The summed E-state index contributed by atoms with van der Waals surface area (Å²) in [6.45, 7) is 2.61. The minimum Gasteiger partial charge on any atom is -0.493 e. The largest absolute Gasteiger partial charge is 0.493 e. The molecular formula is C24H22N2O3S. The Morgan fingerprint density at radius 3 is 2.40 bits per heavy atom. The van der Waals surface area contributed by atoms with E-state index in [4.69, 9.17) is 4.74 Å². The molecule has 0 amide bonds. The molecule has 0 heterocycles. The van der Waals surface area contributed by atoms with E-state index in [-0.39, 0.29) is 4.90 Å². The summed E-state index contributed by atoms with van der Waals surface area (Å²) >= 11 is 0. The fourth-order valence-electron chi connectivity index (χ4n) is 3.29. The number of ether oxygens (including phenoxy) is 1. The van der Waals surface area contributed by atoms with Gasteiger partial charge in [0.15, 0.2) is 0 Å². The summed E-state index contributed by atoms with van der Waals surface area (Å²) < 4.78 is 31.3. The van der Waals surface area contributed by atoms with Crippen LogP contribution in [-0.2, 0) is 10.0 Å². The van der Waals surface area contributed by atoms with Gasteiger partial charge in [-0.05, 0) is 46.2 Å². The lowest BCUT2D eigenvalue weighted by atomic mass is 10.0. The van der Waals surface area contributed by atoms with Gasteiger partial charge in [-0.3, -0.25) is 0 Å². The third-order valence-electron chi connectivity index (χ3n) is 4.79. The molecule has 0 bridgehead atoms. The van der Waals surface area contributed by atoms with Crippen LogP contribution < -0.4 is 9.57 Å². The van der Waals surface area contributed by atoms with Gasteiger partial charge in [0.2, 0.25) is 0 Å². The first-order chi connectivity index (χ1) is 14.6. The number of fused-ring (bicyclic) bond motifs is 2. The van der Waals surface area contributed by atoms with Crippen LogP contribution in [0.15, 0.2) is 88.9 Å². The molecule has 0 saturated carbocycles. The minimum atomic E-state index is -3.79. The summed E-state index contributed by atoms with van der Waals surface area (Å²) in [7, 11) is -3.79. The Labute approximate surface area is 176 Å². The number of hydrazone groups is 1. The molecule has 0 aliphatic rings. The van der Waals surface area contributed by atoms with Gasteiger partial charge >= 0.3 is 0 Å². The van der Waals surface area contributed by atoms with E-state index in [1.54, 1.807) is 18.2 Å². The molecule has 0 aliphatic carbocycles. The molecule has 0 radical (unpaired) electrons. The van der Waals surface area contributed by atoms with E-state index in [0.29, 0.717) is 12.4 Å². The number of nitrogens with one attached hydrogen (secondary N) is 1. The van der Waals surface area contributed by atoms with Gasteiger partial charge in [0.1, 0.15) is 5.75 Å². The Morgan fingerprint density at radius 1 is 0.900 bits per heavy atom. The topological polar surface area (TPSA) is 67.8 Å². The molecule has 4 aromatic rings. The second-order valence-corrected chi connectivity index (χ2v) is 8.57. The van der Waals surface area contributed by atoms with Gasteiger partial charge in [-0.25, -0.2) is 4.83 Å². The lowest BCUT2D eigenvalue weighted by Crippen LogP contribution is -2.18. The second-order valence-electron chi connectivity index (χ2n) is 6.91. The van der Waals surface area contributed by atoms with Crippen molar-refractivity contribution in [1.29, 1.82) is 0 Å². The highest BCUT2D eigenvalue weighted by Gasteiger charge is 2.14. The van der Waals surface area contributed by atoms with Crippen LogP contribution in [0.4, 0.5) is 0 Å². The summed E-state index contributed by atoms with van der Waals surface area (Å²) in [4.78, 5) is 2.49. The van der Waals surface area contributed by atoms with Gasteiger partial charge in [-0.1, -0.05) is 67.6 Å². The molecule has 1 N–H and O–H groups in total. The molecule has 0 spiro atoms. The molecule has 0 fully saturated rings. The number of hydrogen-bond acceptors (Lipinski definition) is 4. The van der Waals surface area contributed by atoms with Crippen LogP contribution in [0, 0.1) is 0 Å². The van der Waals surface area contributed by atoms with Crippen molar-refractivity contribution in [3.05, 3.63) is 84.4 Å². The van der Waals surface area contributed by atoms with Crippen LogP contribution in [0.5, 0.6) is 5.75 Å². The van der Waals surface area contributed by atoms with Crippen LogP contribution >= 0.6 is 0 Å². The lowest BCUT2D eigenvalue weighted by molar-refractivity contribution is 0.317. The molecule has 0 aliphatic heterocycles. The molecule has 6 heteroatoms. The summed E-state index contributed by atoms with van der Waals surface area (Å²) in [5.74, 6) is 0.671. The van der Waals surface area contributed by atoms with E-state index in [0.717, 1.165) is 33.5 Å². The molecule has 0 atom stereocenters. The average Bonchev–Trinajstić information content (AvgIpc) is 2.78. The highest BCUT2D eigenvalue weighted by Crippen LogP contribution is 2.27. The predicted molar refractivity (Wildman–Crippen MR) is 122 cm³/mol. The van der Waals surface area contributed by atoms with E-state index in [9.17, 15) is 8.42 Å². The monoisotopic (exact) mass is 418 g/mol. The summed E-state index contributed by atoms with van der Waals surface area (Å²) in [5, 5.41) is 7.85. The zero-order valence-electron chi connectivity index (χ0n) is 16.6. The number of benzene rings is 4. The van der Waals surface area contributed by atoms with Gasteiger partial charge < -0.3 is 4.74 Å². The van der Waals surface area contributed by atoms with Gasteiger partial charge in [0.25, 0.3) is 10.0 Å². The highest BCUT2D eigenvalue weighted by atomic mass is 32.2. The first kappa shape index (κ1) is 19.9. The van der Waals surface area contributed by atoms with Crippen molar-refractivity contribution in [2.24, 2.45) is 5.10 Å². The third-order valence-corrected chi connectivity index (χ3v) is 6.01. The Kier molecular flexibility index (Phi) is 5.68. The van der Waals surface area contributed by atoms with Gasteiger partial charge in [-0.2, -0.15) is 13.5 Å². The molecule has 0 unspecified atom stereocenters. The summed E-state index contributed by atoms with van der Waals surface area (Å²) in [6.07, 6.45) is 2.38. The molecule has 4 aromatic carbocycles. The van der Waals surface area contributed by atoms with Crippen molar-refractivity contribution >= 4 is 37.8 Å². The number of sulfonamides is 1. The van der Waals surface area contributed by atoms with Crippen molar-refractivity contribution in [2.75, 3.05) is 6.61 Å². The summed E-state index contributed by atoms with van der Waals surface area (Å²) in [5.41, 5.74) is 0.739. The first-order valence-corrected chi connectivity index (χ1v) is 11.2. The average molecular weight is 419 g/mol. The summed E-state index contributed by atoms with van der Waals surface area (Å²) in [6, 6.07) is 24.3. The molecular weight excluding hydrogens is 396 g/mol. The number of rotatable bonds is 7.